The Morgan fingerprint density at radius 2 is 2.00 bits per heavy atom. The SMILES string of the molecule is O=C1NCCN(C(=O)OCc2ccccc2)C1c1ccccn1. The molecule has 2 amide bonds. The topological polar surface area (TPSA) is 71.5 Å². The molecular weight excluding hydrogens is 294 g/mol. The van der Waals surface area contributed by atoms with Crippen LogP contribution >= 0.6 is 0 Å². The van der Waals surface area contributed by atoms with Crippen molar-refractivity contribution < 1.29 is 14.3 Å². The summed E-state index contributed by atoms with van der Waals surface area (Å²) in [6.45, 7) is 0.968. The van der Waals surface area contributed by atoms with Gasteiger partial charge in [0.2, 0.25) is 5.91 Å². The molecule has 1 N–H and O–H groups in total. The van der Waals surface area contributed by atoms with E-state index in [4.69, 9.17) is 4.74 Å². The van der Waals surface area contributed by atoms with Crippen LogP contribution < -0.4 is 5.32 Å². The maximum Gasteiger partial charge on any atom is 0.411 e. The van der Waals surface area contributed by atoms with Crippen molar-refractivity contribution in [3.63, 3.8) is 0 Å². The van der Waals surface area contributed by atoms with E-state index < -0.39 is 12.1 Å². The number of piperazine rings is 1. The molecule has 1 aliphatic rings. The molecule has 1 fully saturated rings. The van der Waals surface area contributed by atoms with Crippen molar-refractivity contribution in [2.24, 2.45) is 0 Å². The highest BCUT2D eigenvalue weighted by Crippen LogP contribution is 2.22. The minimum atomic E-state index is -0.756. The number of benzene rings is 1. The second-order valence-corrected chi connectivity index (χ2v) is 5.18. The van der Waals surface area contributed by atoms with Crippen molar-refractivity contribution >= 4 is 12.0 Å². The molecule has 1 unspecified atom stereocenters. The summed E-state index contributed by atoms with van der Waals surface area (Å²) in [5, 5.41) is 2.76. The third kappa shape index (κ3) is 3.48. The number of carbonyl (C=O) groups excluding carboxylic acids is 2. The molecular formula is C17H17N3O3. The van der Waals surface area contributed by atoms with Crippen LogP contribution in [0.25, 0.3) is 0 Å². The van der Waals surface area contributed by atoms with Crippen LogP contribution in [0.4, 0.5) is 4.79 Å². The lowest BCUT2D eigenvalue weighted by atomic mass is 10.1. The van der Waals surface area contributed by atoms with E-state index in [1.165, 1.54) is 4.90 Å². The van der Waals surface area contributed by atoms with Crippen LogP contribution in [0, 0.1) is 0 Å². The summed E-state index contributed by atoms with van der Waals surface area (Å²) in [7, 11) is 0. The summed E-state index contributed by atoms with van der Waals surface area (Å²) in [5.41, 5.74) is 1.43. The van der Waals surface area contributed by atoms with Crippen LogP contribution in [-0.2, 0) is 16.1 Å². The lowest BCUT2D eigenvalue weighted by Gasteiger charge is -2.33. The Hall–Kier alpha value is -2.89. The standard InChI is InChI=1S/C17H17N3O3/c21-16-15(14-8-4-5-9-18-14)20(11-10-19-16)17(22)23-12-13-6-2-1-3-7-13/h1-9,15H,10-12H2,(H,19,21). The number of pyridine rings is 1. The molecule has 0 saturated carbocycles. The maximum absolute atomic E-state index is 12.4. The number of nitrogens with one attached hydrogen (secondary N) is 1. The number of nitrogens with zero attached hydrogens (tertiary/aromatic N) is 2. The van der Waals surface area contributed by atoms with E-state index in [1.54, 1.807) is 24.4 Å². The first kappa shape index (κ1) is 15.0. The fraction of sp³-hybridized carbons (Fsp3) is 0.235. The van der Waals surface area contributed by atoms with Gasteiger partial charge in [-0.2, -0.15) is 0 Å². The van der Waals surface area contributed by atoms with Crippen molar-refractivity contribution in [3.05, 3.63) is 66.0 Å². The Bertz CT molecular complexity index is 676. The molecule has 1 aromatic heterocycles. The number of ether oxygens (including phenoxy) is 1. The van der Waals surface area contributed by atoms with Gasteiger partial charge in [-0.1, -0.05) is 36.4 Å². The molecule has 2 heterocycles. The minimum Gasteiger partial charge on any atom is -0.445 e. The van der Waals surface area contributed by atoms with Crippen molar-refractivity contribution in [1.29, 1.82) is 0 Å². The number of aromatic nitrogens is 1. The summed E-state index contributed by atoms with van der Waals surface area (Å²) < 4.78 is 5.35. The van der Waals surface area contributed by atoms with Crippen molar-refractivity contribution in [2.75, 3.05) is 13.1 Å². The molecule has 6 nitrogen and oxygen atoms in total. The van der Waals surface area contributed by atoms with Gasteiger partial charge in [0.1, 0.15) is 6.61 Å². The summed E-state index contributed by atoms with van der Waals surface area (Å²) in [5.74, 6) is -0.244. The smallest absolute Gasteiger partial charge is 0.411 e. The molecule has 1 atom stereocenters. The van der Waals surface area contributed by atoms with E-state index in [0.717, 1.165) is 5.56 Å². The van der Waals surface area contributed by atoms with E-state index in [2.05, 4.69) is 10.3 Å². The van der Waals surface area contributed by atoms with Gasteiger partial charge < -0.3 is 10.1 Å². The molecule has 6 heteroatoms. The quantitative estimate of drug-likeness (QED) is 0.939. The van der Waals surface area contributed by atoms with Gasteiger partial charge in [0.25, 0.3) is 0 Å². The second-order valence-electron chi connectivity index (χ2n) is 5.18. The first-order valence-corrected chi connectivity index (χ1v) is 7.41. The third-order valence-electron chi connectivity index (χ3n) is 3.62. The third-order valence-corrected chi connectivity index (χ3v) is 3.62. The average molecular weight is 311 g/mol. The number of carbonyl (C=O) groups is 2. The lowest BCUT2D eigenvalue weighted by Crippen LogP contribution is -2.52. The van der Waals surface area contributed by atoms with Gasteiger partial charge in [-0.05, 0) is 17.7 Å². The van der Waals surface area contributed by atoms with Crippen LogP contribution in [0.5, 0.6) is 0 Å². The zero-order valence-corrected chi connectivity index (χ0v) is 12.5. The molecule has 0 radical (unpaired) electrons. The highest BCUT2D eigenvalue weighted by Gasteiger charge is 2.36. The van der Waals surface area contributed by atoms with E-state index in [9.17, 15) is 9.59 Å². The van der Waals surface area contributed by atoms with Gasteiger partial charge in [0, 0.05) is 19.3 Å². The van der Waals surface area contributed by atoms with Crippen LogP contribution in [0.2, 0.25) is 0 Å². The van der Waals surface area contributed by atoms with Gasteiger partial charge in [-0.15, -0.1) is 0 Å². The van der Waals surface area contributed by atoms with Crippen molar-refractivity contribution in [2.45, 2.75) is 12.6 Å². The van der Waals surface area contributed by atoms with Crippen LogP contribution in [0.3, 0.4) is 0 Å². The Balaban J connectivity index is 1.73. The maximum atomic E-state index is 12.4. The predicted molar refractivity (Wildman–Crippen MR) is 83.3 cm³/mol. The van der Waals surface area contributed by atoms with Gasteiger partial charge in [-0.3, -0.25) is 14.7 Å². The van der Waals surface area contributed by atoms with E-state index in [0.29, 0.717) is 18.8 Å². The molecule has 118 valence electrons. The van der Waals surface area contributed by atoms with Crippen molar-refractivity contribution in [3.8, 4) is 0 Å². The van der Waals surface area contributed by atoms with Crippen LogP contribution in [0.1, 0.15) is 17.3 Å². The Kier molecular flexibility index (Phi) is 4.52. The zero-order chi connectivity index (χ0) is 16.1. The van der Waals surface area contributed by atoms with Crippen molar-refractivity contribution in [1.82, 2.24) is 15.2 Å². The number of hydrogen-bond acceptors (Lipinski definition) is 4. The summed E-state index contributed by atoms with van der Waals surface area (Å²) in [4.78, 5) is 30.2. The van der Waals surface area contributed by atoms with Gasteiger partial charge >= 0.3 is 6.09 Å². The first-order chi connectivity index (χ1) is 11.3. The molecule has 1 aromatic carbocycles. The highest BCUT2D eigenvalue weighted by molar-refractivity contribution is 5.87. The monoisotopic (exact) mass is 311 g/mol. The number of amides is 2. The normalized spacial score (nSPS) is 17.5. The van der Waals surface area contributed by atoms with E-state index in [-0.39, 0.29) is 12.5 Å². The molecule has 0 aliphatic carbocycles. The van der Waals surface area contributed by atoms with Crippen LogP contribution in [-0.4, -0.2) is 35.0 Å². The summed E-state index contributed by atoms with van der Waals surface area (Å²) >= 11 is 0. The van der Waals surface area contributed by atoms with E-state index >= 15 is 0 Å². The fourth-order valence-electron chi connectivity index (χ4n) is 2.50. The number of hydrogen-bond donors (Lipinski definition) is 1. The Labute approximate surface area is 134 Å². The highest BCUT2D eigenvalue weighted by atomic mass is 16.6. The van der Waals surface area contributed by atoms with Gasteiger partial charge in [-0.25, -0.2) is 4.79 Å². The number of rotatable bonds is 3. The predicted octanol–water partition coefficient (Wildman–Crippen LogP) is 1.89. The fourth-order valence-corrected chi connectivity index (χ4v) is 2.50. The second kappa shape index (κ2) is 6.91. The largest absolute Gasteiger partial charge is 0.445 e. The zero-order valence-electron chi connectivity index (χ0n) is 12.5. The molecule has 0 bridgehead atoms. The Morgan fingerprint density at radius 1 is 1.22 bits per heavy atom. The molecule has 0 spiro atoms. The van der Waals surface area contributed by atoms with Gasteiger partial charge in [0.05, 0.1) is 5.69 Å². The minimum absolute atomic E-state index is 0.173. The molecule has 1 saturated heterocycles. The molecule has 23 heavy (non-hydrogen) atoms. The summed E-state index contributed by atoms with van der Waals surface area (Å²) in [6.07, 6.45) is 1.09. The molecule has 2 aromatic rings. The Morgan fingerprint density at radius 3 is 2.74 bits per heavy atom. The lowest BCUT2D eigenvalue weighted by molar-refractivity contribution is -0.128. The first-order valence-electron chi connectivity index (χ1n) is 7.41. The average Bonchev–Trinajstić information content (AvgIpc) is 2.61. The van der Waals surface area contributed by atoms with Crippen LogP contribution in [0.15, 0.2) is 54.7 Å². The molecule has 1 aliphatic heterocycles. The van der Waals surface area contributed by atoms with E-state index in [1.807, 2.05) is 30.3 Å². The van der Waals surface area contributed by atoms with Gasteiger partial charge in [0.15, 0.2) is 6.04 Å². The summed E-state index contributed by atoms with van der Waals surface area (Å²) in [6, 6.07) is 14.0. The molecule has 3 rings (SSSR count).